The van der Waals surface area contributed by atoms with Crippen LogP contribution in [0.4, 0.5) is 4.79 Å². The molecule has 7 heteroatoms. The number of ether oxygens (including phenoxy) is 1. The summed E-state index contributed by atoms with van der Waals surface area (Å²) in [6.45, 7) is 5.62. The van der Waals surface area contributed by atoms with Crippen molar-refractivity contribution in [2.75, 3.05) is 0 Å². The molecule has 29 heavy (non-hydrogen) atoms. The first-order chi connectivity index (χ1) is 13.9. The normalized spacial score (nSPS) is 19.8. The van der Waals surface area contributed by atoms with Gasteiger partial charge in [0.15, 0.2) is 0 Å². The van der Waals surface area contributed by atoms with Gasteiger partial charge in [-0.25, -0.2) is 9.78 Å². The molecule has 1 N–H and O–H groups in total. The van der Waals surface area contributed by atoms with Crippen LogP contribution in [0.15, 0.2) is 42.9 Å². The van der Waals surface area contributed by atoms with Gasteiger partial charge in [-0.1, -0.05) is 12.1 Å². The van der Waals surface area contributed by atoms with Gasteiger partial charge in [0.1, 0.15) is 5.60 Å². The van der Waals surface area contributed by atoms with Crippen LogP contribution in [0.3, 0.4) is 0 Å². The Bertz CT molecular complexity index is 1010. The molecule has 1 amide bonds. The van der Waals surface area contributed by atoms with E-state index in [2.05, 4.69) is 15.4 Å². The molecule has 3 aromatic rings. The van der Waals surface area contributed by atoms with Crippen LogP contribution in [0, 0.1) is 0 Å². The lowest BCUT2D eigenvalue weighted by atomic mass is 9.91. The highest BCUT2D eigenvalue weighted by atomic mass is 16.6. The molecule has 1 saturated carbocycles. The molecular weight excluding hydrogens is 366 g/mol. The molecule has 0 bridgehead atoms. The van der Waals surface area contributed by atoms with Crippen molar-refractivity contribution in [3.05, 3.63) is 42.9 Å². The third kappa shape index (κ3) is 4.72. The maximum Gasteiger partial charge on any atom is 0.407 e. The number of aromatic nitrogens is 4. The summed E-state index contributed by atoms with van der Waals surface area (Å²) in [5, 5.41) is 7.58. The summed E-state index contributed by atoms with van der Waals surface area (Å²) in [7, 11) is 0. The SMILES string of the molecule is CC(C)(C)OC(=O)NC1CCCC(n2cc(-c3cnc4ccccc4n3)cn2)C1. The van der Waals surface area contributed by atoms with E-state index in [1.807, 2.05) is 62.1 Å². The van der Waals surface area contributed by atoms with E-state index in [1.165, 1.54) is 0 Å². The van der Waals surface area contributed by atoms with Gasteiger partial charge in [-0.15, -0.1) is 0 Å². The molecule has 1 aliphatic rings. The molecule has 0 aliphatic heterocycles. The molecule has 2 aromatic heterocycles. The Balaban J connectivity index is 1.45. The molecule has 0 radical (unpaired) electrons. The zero-order chi connectivity index (χ0) is 20.4. The summed E-state index contributed by atoms with van der Waals surface area (Å²) < 4.78 is 7.39. The van der Waals surface area contributed by atoms with Gasteiger partial charge in [0.05, 0.1) is 35.2 Å². The molecule has 0 saturated heterocycles. The van der Waals surface area contributed by atoms with E-state index in [9.17, 15) is 4.79 Å². The van der Waals surface area contributed by atoms with Crippen molar-refractivity contribution < 1.29 is 9.53 Å². The fourth-order valence-corrected chi connectivity index (χ4v) is 3.78. The second-order valence-electron chi connectivity index (χ2n) is 8.62. The average molecular weight is 393 g/mol. The number of carbonyl (C=O) groups is 1. The largest absolute Gasteiger partial charge is 0.444 e. The van der Waals surface area contributed by atoms with Crippen LogP contribution in [0.2, 0.25) is 0 Å². The molecule has 2 heterocycles. The number of nitrogens with one attached hydrogen (secondary N) is 1. The number of benzene rings is 1. The third-order valence-corrected chi connectivity index (χ3v) is 5.09. The molecule has 2 atom stereocenters. The highest BCUT2D eigenvalue weighted by molar-refractivity contribution is 5.76. The minimum absolute atomic E-state index is 0.0942. The molecular formula is C22H27N5O2. The van der Waals surface area contributed by atoms with Crippen LogP contribution >= 0.6 is 0 Å². The zero-order valence-corrected chi connectivity index (χ0v) is 17.1. The van der Waals surface area contributed by atoms with Crippen LogP contribution < -0.4 is 5.32 Å². The third-order valence-electron chi connectivity index (χ3n) is 5.09. The number of fused-ring (bicyclic) bond motifs is 1. The van der Waals surface area contributed by atoms with Crippen molar-refractivity contribution in [3.63, 3.8) is 0 Å². The van der Waals surface area contributed by atoms with Crippen LogP contribution in [0.1, 0.15) is 52.5 Å². The van der Waals surface area contributed by atoms with E-state index in [4.69, 9.17) is 9.72 Å². The number of alkyl carbamates (subject to hydrolysis) is 1. The van der Waals surface area contributed by atoms with Crippen LogP contribution in [-0.4, -0.2) is 37.5 Å². The topological polar surface area (TPSA) is 81.9 Å². The van der Waals surface area contributed by atoms with Gasteiger partial charge >= 0.3 is 6.09 Å². The second-order valence-corrected chi connectivity index (χ2v) is 8.62. The standard InChI is InChI=1S/C22H27N5O2/c1-22(2,3)29-21(28)25-16-7-6-8-17(11-16)27-14-15(12-24-27)20-13-23-18-9-4-5-10-19(18)26-20/h4-5,9-10,12-14,16-17H,6-8,11H2,1-3H3,(H,25,28). The number of nitrogens with zero attached hydrogens (tertiary/aromatic N) is 4. The van der Waals surface area contributed by atoms with Crippen molar-refractivity contribution in [3.8, 4) is 11.3 Å². The summed E-state index contributed by atoms with van der Waals surface area (Å²) in [5.74, 6) is 0. The van der Waals surface area contributed by atoms with E-state index in [-0.39, 0.29) is 18.2 Å². The number of para-hydroxylation sites is 2. The maximum absolute atomic E-state index is 12.1. The van der Waals surface area contributed by atoms with Crippen LogP contribution in [-0.2, 0) is 4.74 Å². The van der Waals surface area contributed by atoms with E-state index in [0.717, 1.165) is 48.0 Å². The fraction of sp³-hybridized carbons (Fsp3) is 0.455. The van der Waals surface area contributed by atoms with Gasteiger partial charge in [-0.3, -0.25) is 9.67 Å². The molecule has 7 nitrogen and oxygen atoms in total. The predicted octanol–water partition coefficient (Wildman–Crippen LogP) is 4.50. The second kappa shape index (κ2) is 7.81. The highest BCUT2D eigenvalue weighted by Crippen LogP contribution is 2.30. The summed E-state index contributed by atoms with van der Waals surface area (Å²) >= 11 is 0. The molecule has 2 unspecified atom stereocenters. The first-order valence-corrected chi connectivity index (χ1v) is 10.1. The summed E-state index contributed by atoms with van der Waals surface area (Å²) in [6, 6.07) is 8.17. The number of rotatable bonds is 3. The highest BCUT2D eigenvalue weighted by Gasteiger charge is 2.27. The average Bonchev–Trinajstić information content (AvgIpc) is 3.16. The molecule has 0 spiro atoms. The number of hydrogen-bond donors (Lipinski definition) is 1. The molecule has 1 aromatic carbocycles. The number of carbonyl (C=O) groups excluding carboxylic acids is 1. The van der Waals surface area contributed by atoms with Crippen molar-refractivity contribution in [1.29, 1.82) is 0 Å². The molecule has 1 fully saturated rings. The minimum Gasteiger partial charge on any atom is -0.444 e. The lowest BCUT2D eigenvalue weighted by Crippen LogP contribution is -2.41. The van der Waals surface area contributed by atoms with Gasteiger partial charge in [-0.2, -0.15) is 5.10 Å². The maximum atomic E-state index is 12.1. The van der Waals surface area contributed by atoms with Crippen LogP contribution in [0.5, 0.6) is 0 Å². The summed E-state index contributed by atoms with van der Waals surface area (Å²) in [6.07, 6.45) is 9.17. The van der Waals surface area contributed by atoms with Gasteiger partial charge in [-0.05, 0) is 58.6 Å². The Morgan fingerprint density at radius 3 is 2.76 bits per heavy atom. The summed E-state index contributed by atoms with van der Waals surface area (Å²) in [4.78, 5) is 21.3. The van der Waals surface area contributed by atoms with E-state index >= 15 is 0 Å². The fourth-order valence-electron chi connectivity index (χ4n) is 3.78. The van der Waals surface area contributed by atoms with Gasteiger partial charge in [0.2, 0.25) is 0 Å². The first kappa shape index (κ1) is 19.4. The van der Waals surface area contributed by atoms with Crippen molar-refractivity contribution in [1.82, 2.24) is 25.1 Å². The number of hydrogen-bond acceptors (Lipinski definition) is 5. The van der Waals surface area contributed by atoms with E-state index < -0.39 is 5.60 Å². The lowest BCUT2D eigenvalue weighted by Gasteiger charge is -2.30. The summed E-state index contributed by atoms with van der Waals surface area (Å²) in [5.41, 5.74) is 3.03. The first-order valence-electron chi connectivity index (χ1n) is 10.1. The van der Waals surface area contributed by atoms with Gasteiger partial charge in [0.25, 0.3) is 0 Å². The predicted molar refractivity (Wildman–Crippen MR) is 111 cm³/mol. The molecule has 152 valence electrons. The smallest absolute Gasteiger partial charge is 0.407 e. The molecule has 1 aliphatic carbocycles. The quantitative estimate of drug-likeness (QED) is 0.708. The Labute approximate surface area is 170 Å². The van der Waals surface area contributed by atoms with Crippen molar-refractivity contribution in [2.24, 2.45) is 0 Å². The minimum atomic E-state index is -0.490. The monoisotopic (exact) mass is 393 g/mol. The zero-order valence-electron chi connectivity index (χ0n) is 17.1. The Morgan fingerprint density at radius 1 is 1.17 bits per heavy atom. The Morgan fingerprint density at radius 2 is 1.97 bits per heavy atom. The van der Waals surface area contributed by atoms with Crippen molar-refractivity contribution in [2.45, 2.75) is 64.1 Å². The van der Waals surface area contributed by atoms with E-state index in [0.29, 0.717) is 0 Å². The molecule has 4 rings (SSSR count). The van der Waals surface area contributed by atoms with Gasteiger partial charge < -0.3 is 10.1 Å². The lowest BCUT2D eigenvalue weighted by molar-refractivity contribution is 0.0485. The van der Waals surface area contributed by atoms with E-state index in [1.54, 1.807) is 6.20 Å². The van der Waals surface area contributed by atoms with Gasteiger partial charge in [0, 0.05) is 17.8 Å². The number of amides is 1. The van der Waals surface area contributed by atoms with Crippen molar-refractivity contribution >= 4 is 17.1 Å². The Hall–Kier alpha value is -2.96. The Kier molecular flexibility index (Phi) is 5.22. The van der Waals surface area contributed by atoms with Crippen LogP contribution in [0.25, 0.3) is 22.3 Å².